The number of fused-ring (bicyclic) bond motifs is 4. The van der Waals surface area contributed by atoms with E-state index in [4.69, 9.17) is 20.4 Å². The molecule has 3 aliphatic rings. The zero-order valence-corrected chi connectivity index (χ0v) is 20.5. The van der Waals surface area contributed by atoms with Crippen LogP contribution in [0.25, 0.3) is 10.2 Å². The Hall–Kier alpha value is -2.25. The van der Waals surface area contributed by atoms with E-state index >= 15 is 0 Å². The maximum Gasteiger partial charge on any atom is 0.146 e. The molecular weight excluding hydrogens is 452 g/mol. The molecule has 0 unspecified atom stereocenters. The number of ether oxygens (including phenoxy) is 1. The molecule has 1 atom stereocenters. The van der Waals surface area contributed by atoms with E-state index in [2.05, 4.69) is 22.8 Å². The number of aryl methyl sites for hydroxylation is 1. The number of nitriles is 1. The van der Waals surface area contributed by atoms with Crippen LogP contribution in [-0.4, -0.2) is 47.7 Å². The number of thiophene rings is 2. The summed E-state index contributed by atoms with van der Waals surface area (Å²) in [7, 11) is 0. The molecule has 33 heavy (non-hydrogen) atoms. The molecule has 0 bridgehead atoms. The Morgan fingerprint density at radius 2 is 1.97 bits per heavy atom. The van der Waals surface area contributed by atoms with Crippen molar-refractivity contribution < 1.29 is 4.74 Å². The van der Waals surface area contributed by atoms with Crippen molar-refractivity contribution in [2.24, 2.45) is 5.92 Å². The number of rotatable bonds is 3. The summed E-state index contributed by atoms with van der Waals surface area (Å²) in [5.41, 5.74) is 9.44. The van der Waals surface area contributed by atoms with Gasteiger partial charge in [-0.25, -0.2) is 9.97 Å². The topological polar surface area (TPSA) is 91.3 Å². The molecular formula is C24H28N6OS2. The number of hydrogen-bond acceptors (Lipinski definition) is 9. The highest BCUT2D eigenvalue weighted by Crippen LogP contribution is 2.43. The minimum Gasteiger partial charge on any atom is -0.389 e. The van der Waals surface area contributed by atoms with Crippen LogP contribution in [0.1, 0.15) is 45.6 Å². The van der Waals surface area contributed by atoms with E-state index in [-0.39, 0.29) is 0 Å². The first-order valence-electron chi connectivity index (χ1n) is 11.8. The third-order valence-electron chi connectivity index (χ3n) is 7.15. The van der Waals surface area contributed by atoms with Gasteiger partial charge in [-0.3, -0.25) is 4.90 Å². The molecule has 3 aromatic rings. The Morgan fingerprint density at radius 3 is 2.79 bits per heavy atom. The molecule has 1 aliphatic carbocycles. The molecule has 6 rings (SSSR count). The monoisotopic (exact) mass is 480 g/mol. The van der Waals surface area contributed by atoms with Crippen molar-refractivity contribution in [1.29, 1.82) is 5.26 Å². The van der Waals surface area contributed by atoms with E-state index in [1.54, 1.807) is 11.3 Å². The van der Waals surface area contributed by atoms with Crippen LogP contribution in [0, 0.1) is 17.2 Å². The van der Waals surface area contributed by atoms with Gasteiger partial charge in [0, 0.05) is 29.4 Å². The smallest absolute Gasteiger partial charge is 0.146 e. The third-order valence-corrected chi connectivity index (χ3v) is 9.34. The van der Waals surface area contributed by atoms with Crippen molar-refractivity contribution in [2.45, 2.75) is 45.7 Å². The predicted molar refractivity (Wildman–Crippen MR) is 133 cm³/mol. The molecule has 2 aliphatic heterocycles. The molecule has 1 fully saturated rings. The van der Waals surface area contributed by atoms with Gasteiger partial charge in [0.05, 0.1) is 37.3 Å². The lowest BCUT2D eigenvalue weighted by Gasteiger charge is -2.30. The van der Waals surface area contributed by atoms with Crippen molar-refractivity contribution >= 4 is 43.7 Å². The molecule has 0 aromatic carbocycles. The summed E-state index contributed by atoms with van der Waals surface area (Å²) in [6.07, 6.45) is 4.32. The molecule has 1 saturated heterocycles. The van der Waals surface area contributed by atoms with Crippen LogP contribution in [0.2, 0.25) is 0 Å². The summed E-state index contributed by atoms with van der Waals surface area (Å²) in [6.45, 7) is 8.12. The van der Waals surface area contributed by atoms with Crippen molar-refractivity contribution in [2.75, 3.05) is 43.5 Å². The molecule has 0 saturated carbocycles. The summed E-state index contributed by atoms with van der Waals surface area (Å²) in [5, 5.41) is 11.4. The highest BCUT2D eigenvalue weighted by atomic mass is 32.1. The largest absolute Gasteiger partial charge is 0.389 e. The fraction of sp³-hybridized carbons (Fsp3) is 0.542. The quantitative estimate of drug-likeness (QED) is 0.611. The number of aromatic nitrogens is 2. The highest BCUT2D eigenvalue weighted by Gasteiger charge is 2.30. The molecule has 7 nitrogen and oxygen atoms in total. The Balaban J connectivity index is 1.42. The van der Waals surface area contributed by atoms with Crippen LogP contribution in [0.3, 0.4) is 0 Å². The van der Waals surface area contributed by atoms with E-state index in [1.165, 1.54) is 27.1 Å². The van der Waals surface area contributed by atoms with E-state index in [1.807, 2.05) is 11.3 Å². The fourth-order valence-electron chi connectivity index (χ4n) is 5.35. The number of nitrogen functional groups attached to an aromatic ring is 1. The van der Waals surface area contributed by atoms with Gasteiger partial charge in [-0.1, -0.05) is 6.92 Å². The molecule has 5 heterocycles. The third kappa shape index (κ3) is 3.79. The normalized spacial score (nSPS) is 21.1. The summed E-state index contributed by atoms with van der Waals surface area (Å²) >= 11 is 3.43. The summed E-state index contributed by atoms with van der Waals surface area (Å²) in [5.74, 6) is 2.71. The van der Waals surface area contributed by atoms with E-state index in [9.17, 15) is 5.26 Å². The first kappa shape index (κ1) is 21.3. The van der Waals surface area contributed by atoms with Crippen molar-refractivity contribution in [3.8, 4) is 6.07 Å². The minimum atomic E-state index is 0.645. The predicted octanol–water partition coefficient (Wildman–Crippen LogP) is 3.73. The average Bonchev–Trinajstić information content (AvgIpc) is 3.34. The van der Waals surface area contributed by atoms with Crippen LogP contribution in [0.4, 0.5) is 10.8 Å². The first-order chi connectivity index (χ1) is 16.1. The molecule has 0 amide bonds. The zero-order chi connectivity index (χ0) is 22.5. The first-order valence-corrected chi connectivity index (χ1v) is 13.4. The second-order valence-corrected chi connectivity index (χ2v) is 11.6. The standard InChI is InChI=1S/C24H28N6OS2/c1-14-2-3-16-18(10-14)33-24-21(16)23(27-20(28-24)13-29-6-8-31-9-7-29)30-5-4-15-17(11-25)22(26)32-19(15)12-30/h14H,2-10,12-13,26H2,1H3/t14-/m0/s1. The number of anilines is 2. The lowest BCUT2D eigenvalue weighted by atomic mass is 9.89. The summed E-state index contributed by atoms with van der Waals surface area (Å²) in [4.78, 5) is 18.9. The van der Waals surface area contributed by atoms with Gasteiger partial charge in [0.15, 0.2) is 0 Å². The molecule has 2 N–H and O–H groups in total. The maximum absolute atomic E-state index is 9.54. The molecule has 3 aromatic heterocycles. The van der Waals surface area contributed by atoms with Crippen LogP contribution < -0.4 is 10.6 Å². The Labute approximate surface area is 201 Å². The van der Waals surface area contributed by atoms with Crippen LogP contribution in [-0.2, 0) is 37.1 Å². The molecule has 172 valence electrons. The van der Waals surface area contributed by atoms with Gasteiger partial charge in [0.1, 0.15) is 27.5 Å². The lowest BCUT2D eigenvalue weighted by molar-refractivity contribution is 0.0331. The lowest BCUT2D eigenvalue weighted by Crippen LogP contribution is -2.36. The average molecular weight is 481 g/mol. The zero-order valence-electron chi connectivity index (χ0n) is 18.9. The van der Waals surface area contributed by atoms with Gasteiger partial charge >= 0.3 is 0 Å². The van der Waals surface area contributed by atoms with E-state index in [0.29, 0.717) is 10.6 Å². The second-order valence-electron chi connectivity index (χ2n) is 9.41. The fourth-order valence-corrected chi connectivity index (χ4v) is 7.83. The second kappa shape index (κ2) is 8.51. The Morgan fingerprint density at radius 1 is 1.12 bits per heavy atom. The molecule has 9 heteroatoms. The number of nitrogens with two attached hydrogens (primary N) is 1. The van der Waals surface area contributed by atoms with Crippen molar-refractivity contribution in [3.05, 3.63) is 32.3 Å². The highest BCUT2D eigenvalue weighted by molar-refractivity contribution is 7.19. The minimum absolute atomic E-state index is 0.645. The van der Waals surface area contributed by atoms with Crippen molar-refractivity contribution in [3.63, 3.8) is 0 Å². The van der Waals surface area contributed by atoms with Crippen LogP contribution in [0.5, 0.6) is 0 Å². The summed E-state index contributed by atoms with van der Waals surface area (Å²) in [6, 6.07) is 2.31. The van der Waals surface area contributed by atoms with E-state index in [0.717, 1.165) is 93.2 Å². The number of hydrogen-bond donors (Lipinski definition) is 1. The van der Waals surface area contributed by atoms with Crippen molar-refractivity contribution in [1.82, 2.24) is 14.9 Å². The SMILES string of the molecule is C[C@H]1CCc2c(sc3nc(CN4CCOCC4)nc(N4CCc5c(sc(N)c5C#N)C4)c23)C1. The number of morpholine rings is 1. The Bertz CT molecular complexity index is 1250. The van der Waals surface area contributed by atoms with Gasteiger partial charge in [-0.05, 0) is 42.7 Å². The Kier molecular flexibility index (Phi) is 5.49. The van der Waals surface area contributed by atoms with Crippen LogP contribution >= 0.6 is 22.7 Å². The maximum atomic E-state index is 9.54. The van der Waals surface area contributed by atoms with Gasteiger partial charge < -0.3 is 15.4 Å². The number of nitrogens with zero attached hydrogens (tertiary/aromatic N) is 5. The molecule has 0 spiro atoms. The summed E-state index contributed by atoms with van der Waals surface area (Å²) < 4.78 is 5.53. The van der Waals surface area contributed by atoms with E-state index < -0.39 is 0 Å². The van der Waals surface area contributed by atoms with Gasteiger partial charge in [-0.2, -0.15) is 5.26 Å². The van der Waals surface area contributed by atoms with Crippen LogP contribution in [0.15, 0.2) is 0 Å². The van der Waals surface area contributed by atoms with Gasteiger partial charge in [0.2, 0.25) is 0 Å². The van der Waals surface area contributed by atoms with Gasteiger partial charge in [-0.15, -0.1) is 22.7 Å². The van der Waals surface area contributed by atoms with Gasteiger partial charge in [0.25, 0.3) is 0 Å². The molecule has 0 radical (unpaired) electrons.